The molecule has 0 aromatic rings. The molecule has 0 aromatic carbocycles. The summed E-state index contributed by atoms with van der Waals surface area (Å²) in [6, 6.07) is 0. The van der Waals surface area contributed by atoms with Crippen molar-refractivity contribution in [2.75, 3.05) is 33.9 Å². The fraction of sp³-hybridized carbons (Fsp3) is 1.00. The van der Waals surface area contributed by atoms with Gasteiger partial charge in [0.15, 0.2) is 0 Å². The Morgan fingerprint density at radius 1 is 1.32 bits per heavy atom. The smallest absolute Gasteiger partial charge is 0.278 e. The van der Waals surface area contributed by atoms with Crippen LogP contribution in [0.25, 0.3) is 0 Å². The second-order valence-corrected chi connectivity index (χ2v) is 7.82. The molecule has 2 aliphatic rings. The number of rotatable bonds is 4. The lowest BCUT2D eigenvalue weighted by molar-refractivity contribution is -0.0552. The molecule has 6 nitrogen and oxygen atoms in total. The van der Waals surface area contributed by atoms with E-state index in [0.717, 1.165) is 30.0 Å². The normalized spacial score (nSPS) is 31.2. The molecule has 0 amide bonds. The standard InChI is InChI=1S/C12H24N2O4S/c1-14(2)19(16,17)13-9-10-3-4-12(11(10)15)5-7-18-8-6-12/h10-11,13,15H,3-9H2,1-2H3/t10-,11+/m0/s1. The summed E-state index contributed by atoms with van der Waals surface area (Å²) in [6.07, 6.45) is 3.17. The van der Waals surface area contributed by atoms with E-state index >= 15 is 0 Å². The first kappa shape index (κ1) is 15.2. The Hall–Kier alpha value is -0.210. The van der Waals surface area contributed by atoms with Crippen LogP contribution in [0.1, 0.15) is 25.7 Å². The number of nitrogens with one attached hydrogen (secondary N) is 1. The topological polar surface area (TPSA) is 78.9 Å². The maximum Gasteiger partial charge on any atom is 0.278 e. The van der Waals surface area contributed by atoms with Crippen molar-refractivity contribution in [2.45, 2.75) is 31.8 Å². The average molecular weight is 292 g/mol. The van der Waals surface area contributed by atoms with E-state index in [1.54, 1.807) is 0 Å². The zero-order valence-corrected chi connectivity index (χ0v) is 12.4. The quantitative estimate of drug-likeness (QED) is 0.761. The minimum Gasteiger partial charge on any atom is -0.392 e. The van der Waals surface area contributed by atoms with Gasteiger partial charge < -0.3 is 9.84 Å². The molecule has 2 rings (SSSR count). The number of hydrogen-bond acceptors (Lipinski definition) is 4. The average Bonchev–Trinajstić information content (AvgIpc) is 2.66. The van der Waals surface area contributed by atoms with E-state index in [9.17, 15) is 13.5 Å². The van der Waals surface area contributed by atoms with Crippen molar-refractivity contribution >= 4 is 10.2 Å². The Labute approximate surface area is 115 Å². The minimum absolute atomic E-state index is 0.00725. The summed E-state index contributed by atoms with van der Waals surface area (Å²) in [6.45, 7) is 1.71. The van der Waals surface area contributed by atoms with E-state index in [2.05, 4.69) is 4.72 Å². The number of hydrogen-bond donors (Lipinski definition) is 2. The lowest BCUT2D eigenvalue weighted by atomic mass is 9.76. The molecule has 112 valence electrons. The van der Waals surface area contributed by atoms with Gasteiger partial charge in [-0.1, -0.05) is 0 Å². The Balaban J connectivity index is 1.93. The van der Waals surface area contributed by atoms with Gasteiger partial charge >= 0.3 is 0 Å². The molecule has 1 saturated carbocycles. The largest absolute Gasteiger partial charge is 0.392 e. The lowest BCUT2D eigenvalue weighted by Crippen LogP contribution is -2.43. The van der Waals surface area contributed by atoms with E-state index in [-0.39, 0.29) is 11.3 Å². The summed E-state index contributed by atoms with van der Waals surface area (Å²) in [5.41, 5.74) is -0.0491. The Kier molecular flexibility index (Phi) is 4.52. The molecule has 2 N–H and O–H groups in total. The highest BCUT2D eigenvalue weighted by Crippen LogP contribution is 2.48. The predicted molar refractivity (Wildman–Crippen MR) is 71.8 cm³/mol. The SMILES string of the molecule is CN(C)S(=O)(=O)NC[C@@H]1CCC2(CCOCC2)[C@@H]1O. The molecule has 1 heterocycles. The third-order valence-corrected chi connectivity index (χ3v) is 6.08. The third-order valence-electron chi connectivity index (χ3n) is 4.58. The van der Waals surface area contributed by atoms with Crippen LogP contribution in [0.3, 0.4) is 0 Å². The summed E-state index contributed by atoms with van der Waals surface area (Å²) in [5.74, 6) is 0.00725. The van der Waals surface area contributed by atoms with Crippen molar-refractivity contribution in [3.8, 4) is 0 Å². The van der Waals surface area contributed by atoms with Gasteiger partial charge in [-0.15, -0.1) is 0 Å². The molecule has 7 heteroatoms. The molecule has 1 aliphatic heterocycles. The van der Waals surface area contributed by atoms with Crippen LogP contribution in [-0.2, 0) is 14.9 Å². The lowest BCUT2D eigenvalue weighted by Gasteiger charge is -2.37. The highest BCUT2D eigenvalue weighted by Gasteiger charge is 2.48. The summed E-state index contributed by atoms with van der Waals surface area (Å²) >= 11 is 0. The van der Waals surface area contributed by atoms with E-state index in [4.69, 9.17) is 4.74 Å². The fourth-order valence-corrected chi connectivity index (χ4v) is 3.84. The molecular weight excluding hydrogens is 268 g/mol. The van der Waals surface area contributed by atoms with Gasteiger partial charge in [-0.05, 0) is 31.6 Å². The molecule has 0 radical (unpaired) electrons. The first-order valence-electron chi connectivity index (χ1n) is 6.80. The minimum atomic E-state index is -3.40. The van der Waals surface area contributed by atoms with Crippen LogP contribution in [0.2, 0.25) is 0 Å². The molecule has 19 heavy (non-hydrogen) atoms. The van der Waals surface area contributed by atoms with Crippen molar-refractivity contribution in [1.82, 2.24) is 9.03 Å². The van der Waals surface area contributed by atoms with Gasteiger partial charge in [0.25, 0.3) is 10.2 Å². The van der Waals surface area contributed by atoms with Crippen LogP contribution in [0.15, 0.2) is 0 Å². The van der Waals surface area contributed by atoms with Crippen LogP contribution < -0.4 is 4.72 Å². The van der Waals surface area contributed by atoms with E-state index in [1.165, 1.54) is 14.1 Å². The van der Waals surface area contributed by atoms with Gasteiger partial charge in [0.05, 0.1) is 6.10 Å². The molecular formula is C12H24N2O4S. The second kappa shape index (κ2) is 5.65. The third kappa shape index (κ3) is 3.11. The zero-order valence-electron chi connectivity index (χ0n) is 11.6. The number of aliphatic hydroxyl groups excluding tert-OH is 1. The van der Waals surface area contributed by atoms with Crippen molar-refractivity contribution in [2.24, 2.45) is 11.3 Å². The van der Waals surface area contributed by atoms with Gasteiger partial charge in [-0.25, -0.2) is 4.72 Å². The van der Waals surface area contributed by atoms with Crippen LogP contribution in [0.5, 0.6) is 0 Å². The Morgan fingerprint density at radius 2 is 1.95 bits per heavy atom. The van der Waals surface area contributed by atoms with Crippen LogP contribution in [-0.4, -0.2) is 57.8 Å². The fourth-order valence-electron chi connectivity index (χ4n) is 3.16. The van der Waals surface area contributed by atoms with Crippen molar-refractivity contribution in [3.05, 3.63) is 0 Å². The second-order valence-electron chi connectivity index (χ2n) is 5.85. The predicted octanol–water partition coefficient (Wildman–Crippen LogP) is -0.0499. The van der Waals surface area contributed by atoms with E-state index in [1.807, 2.05) is 0 Å². The molecule has 0 bridgehead atoms. The van der Waals surface area contributed by atoms with Crippen molar-refractivity contribution in [1.29, 1.82) is 0 Å². The van der Waals surface area contributed by atoms with Crippen molar-refractivity contribution in [3.63, 3.8) is 0 Å². The number of nitrogens with zero attached hydrogens (tertiary/aromatic N) is 1. The molecule has 1 aliphatic carbocycles. The number of aliphatic hydroxyl groups is 1. The maximum atomic E-state index is 11.7. The van der Waals surface area contributed by atoms with Crippen LogP contribution in [0.4, 0.5) is 0 Å². The Bertz CT molecular complexity index is 404. The van der Waals surface area contributed by atoms with Gasteiger partial charge in [-0.2, -0.15) is 12.7 Å². The van der Waals surface area contributed by atoms with Gasteiger partial charge in [-0.3, -0.25) is 0 Å². The summed E-state index contributed by atoms with van der Waals surface area (Å²) in [7, 11) is -0.417. The molecule has 2 fully saturated rings. The maximum absolute atomic E-state index is 11.7. The zero-order chi connectivity index (χ0) is 14.1. The van der Waals surface area contributed by atoms with Gasteiger partial charge in [0.2, 0.25) is 0 Å². The molecule has 2 atom stereocenters. The molecule has 1 saturated heterocycles. The van der Waals surface area contributed by atoms with Crippen LogP contribution >= 0.6 is 0 Å². The highest BCUT2D eigenvalue weighted by molar-refractivity contribution is 7.87. The molecule has 0 unspecified atom stereocenters. The summed E-state index contributed by atoms with van der Waals surface area (Å²) in [5, 5.41) is 10.5. The Morgan fingerprint density at radius 3 is 2.53 bits per heavy atom. The molecule has 1 spiro atoms. The first-order chi connectivity index (χ1) is 8.87. The highest BCUT2D eigenvalue weighted by atomic mass is 32.2. The van der Waals surface area contributed by atoms with E-state index in [0.29, 0.717) is 19.8 Å². The number of ether oxygens (including phenoxy) is 1. The van der Waals surface area contributed by atoms with Crippen LogP contribution in [0, 0.1) is 11.3 Å². The van der Waals surface area contributed by atoms with E-state index < -0.39 is 16.3 Å². The van der Waals surface area contributed by atoms with Crippen molar-refractivity contribution < 1.29 is 18.3 Å². The molecule has 0 aromatic heterocycles. The monoisotopic (exact) mass is 292 g/mol. The first-order valence-corrected chi connectivity index (χ1v) is 8.24. The van der Waals surface area contributed by atoms with Gasteiger partial charge in [0.1, 0.15) is 0 Å². The summed E-state index contributed by atoms with van der Waals surface area (Å²) in [4.78, 5) is 0. The summed E-state index contributed by atoms with van der Waals surface area (Å²) < 4.78 is 32.4. The van der Waals surface area contributed by atoms with Gasteiger partial charge in [0, 0.05) is 39.3 Å².